The van der Waals surface area contributed by atoms with Crippen LogP contribution in [-0.4, -0.2) is 48.3 Å². The molecule has 1 aromatic heterocycles. The van der Waals surface area contributed by atoms with Gasteiger partial charge in [0.05, 0.1) is 17.3 Å². The van der Waals surface area contributed by atoms with E-state index in [4.69, 9.17) is 15.2 Å². The highest BCUT2D eigenvalue weighted by Gasteiger charge is 2.61. The predicted molar refractivity (Wildman–Crippen MR) is 139 cm³/mol. The average molecular weight is 531 g/mol. The molecular formula is C28H30F4N4O2. The molecule has 1 fully saturated rings. The Balaban J connectivity index is 1.79. The number of likely N-dealkylation sites (N-methyl/N-ethyl adjacent to an activating group) is 1. The fraction of sp³-hybridized carbons (Fsp3) is 0.393. The predicted octanol–water partition coefficient (Wildman–Crippen LogP) is 6.24. The van der Waals surface area contributed by atoms with Crippen molar-refractivity contribution in [1.82, 2.24) is 9.80 Å². The molecule has 0 amide bonds. The third kappa shape index (κ3) is 4.97. The maximum absolute atomic E-state index is 15.7. The molecule has 1 aliphatic heterocycles. The van der Waals surface area contributed by atoms with Gasteiger partial charge in [-0.15, -0.1) is 0 Å². The molecule has 2 N–H and O–H groups in total. The first kappa shape index (κ1) is 27.5. The topological polar surface area (TPSA) is 84.4 Å². The number of rotatable bonds is 6. The molecule has 0 aliphatic carbocycles. The van der Waals surface area contributed by atoms with Crippen LogP contribution in [0, 0.1) is 23.7 Å². The lowest BCUT2D eigenvalue weighted by molar-refractivity contribution is -0.210. The fourth-order valence-corrected chi connectivity index (χ4v) is 5.11. The van der Waals surface area contributed by atoms with Crippen LogP contribution in [0.4, 0.5) is 17.6 Å². The number of benzene rings is 2. The normalized spacial score (nSPS) is 18.2. The van der Waals surface area contributed by atoms with Gasteiger partial charge in [-0.05, 0) is 61.1 Å². The number of aryl methyl sites for hydroxylation is 1. The minimum Gasteiger partial charge on any atom is -0.463 e. The number of amidine groups is 1. The van der Waals surface area contributed by atoms with Crippen molar-refractivity contribution in [2.24, 2.45) is 5.92 Å². The summed E-state index contributed by atoms with van der Waals surface area (Å²) in [5, 5.41) is 15.3. The van der Waals surface area contributed by atoms with Gasteiger partial charge in [0.1, 0.15) is 11.8 Å². The first-order valence-electron chi connectivity index (χ1n) is 12.3. The van der Waals surface area contributed by atoms with Crippen molar-refractivity contribution in [1.29, 1.82) is 10.8 Å². The molecular weight excluding hydrogens is 500 g/mol. The quantitative estimate of drug-likeness (QED) is 0.224. The summed E-state index contributed by atoms with van der Waals surface area (Å²) in [7, 11) is 0.988. The van der Waals surface area contributed by atoms with Crippen molar-refractivity contribution in [3.05, 3.63) is 69.6 Å². The Morgan fingerprint density at radius 2 is 1.97 bits per heavy atom. The Hall–Kier alpha value is -3.53. The van der Waals surface area contributed by atoms with Gasteiger partial charge < -0.3 is 9.32 Å². The molecule has 0 radical (unpaired) electrons. The summed E-state index contributed by atoms with van der Waals surface area (Å²) in [6, 6.07) is 8.14. The lowest BCUT2D eigenvalue weighted by Crippen LogP contribution is -2.51. The maximum atomic E-state index is 15.7. The summed E-state index contributed by atoms with van der Waals surface area (Å²) < 4.78 is 63.3. The highest BCUT2D eigenvalue weighted by Crippen LogP contribution is 2.44. The number of halogens is 4. The summed E-state index contributed by atoms with van der Waals surface area (Å²) in [6.45, 7) is 6.64. The van der Waals surface area contributed by atoms with E-state index in [0.717, 1.165) is 49.8 Å². The van der Waals surface area contributed by atoms with Crippen molar-refractivity contribution in [2.75, 3.05) is 20.1 Å². The number of nitrogens with zero attached hydrogens (tertiary/aromatic N) is 2. The first-order valence-corrected chi connectivity index (χ1v) is 12.3. The van der Waals surface area contributed by atoms with Crippen LogP contribution in [0.1, 0.15) is 36.5 Å². The van der Waals surface area contributed by atoms with E-state index in [-0.39, 0.29) is 11.1 Å². The molecule has 202 valence electrons. The van der Waals surface area contributed by atoms with Gasteiger partial charge in [0.15, 0.2) is 5.84 Å². The van der Waals surface area contributed by atoms with Crippen LogP contribution in [-0.2, 0) is 12.2 Å². The molecule has 10 heteroatoms. The van der Waals surface area contributed by atoms with Crippen molar-refractivity contribution < 1.29 is 22.0 Å². The first-order chi connectivity index (χ1) is 17.9. The van der Waals surface area contributed by atoms with Crippen molar-refractivity contribution in [2.45, 2.75) is 45.1 Å². The minimum absolute atomic E-state index is 0.0149. The molecule has 0 saturated carbocycles. The molecule has 4 rings (SSSR count). The molecule has 0 bridgehead atoms. The van der Waals surface area contributed by atoms with Gasteiger partial charge in [-0.3, -0.25) is 20.5 Å². The summed E-state index contributed by atoms with van der Waals surface area (Å²) >= 11 is 0. The number of alkyl halides is 4. The summed E-state index contributed by atoms with van der Waals surface area (Å²) in [5.41, 5.74) is -3.40. The monoisotopic (exact) mass is 530 g/mol. The fourth-order valence-electron chi connectivity index (χ4n) is 5.11. The number of fused-ring (bicyclic) bond motifs is 1. The SMILES string of the molecule is Cc1cc(CN2CCC[C@H](C)C2)cc2c(=O)c(-c3cccc(C(F)(C(=N)N(C)C=N)C(F)(F)F)c3)coc12. The van der Waals surface area contributed by atoms with Gasteiger partial charge in [0.2, 0.25) is 5.43 Å². The molecule has 6 nitrogen and oxygen atoms in total. The van der Waals surface area contributed by atoms with E-state index in [0.29, 0.717) is 34.7 Å². The zero-order valence-electron chi connectivity index (χ0n) is 21.5. The standard InChI is InChI=1S/C28H30F4N4O2/c1-17-6-5-9-36(13-17)14-19-10-18(2)25-22(11-19)24(37)23(15-38-25)20-7-4-8-21(12-20)27(29,28(30,31)32)26(34)35(3)16-33/h4,7-8,10-12,15-17,33-34H,5-6,9,13-14H2,1-3H3/t17-,27?/m0/s1. The molecule has 1 unspecified atom stereocenters. The average Bonchev–Trinajstić information content (AvgIpc) is 2.87. The molecule has 2 heterocycles. The van der Waals surface area contributed by atoms with Gasteiger partial charge in [-0.2, -0.15) is 13.2 Å². The van der Waals surface area contributed by atoms with E-state index in [1.54, 1.807) is 6.07 Å². The minimum atomic E-state index is -5.48. The van der Waals surface area contributed by atoms with E-state index < -0.39 is 28.7 Å². The molecule has 1 saturated heterocycles. The van der Waals surface area contributed by atoms with Gasteiger partial charge >= 0.3 is 6.18 Å². The molecule has 38 heavy (non-hydrogen) atoms. The van der Waals surface area contributed by atoms with Crippen LogP contribution in [0.25, 0.3) is 22.1 Å². The summed E-state index contributed by atoms with van der Waals surface area (Å²) in [6.07, 6.45) is -1.59. The van der Waals surface area contributed by atoms with Crippen molar-refractivity contribution in [3.63, 3.8) is 0 Å². The van der Waals surface area contributed by atoms with E-state index in [2.05, 4.69) is 11.8 Å². The van der Waals surface area contributed by atoms with Gasteiger partial charge in [0.25, 0.3) is 5.67 Å². The lowest BCUT2D eigenvalue weighted by Gasteiger charge is -2.32. The van der Waals surface area contributed by atoms with Gasteiger partial charge in [0, 0.05) is 25.7 Å². The second kappa shape index (κ2) is 10.3. The Bertz CT molecular complexity index is 1430. The number of likely N-dealkylation sites (tertiary alicyclic amines) is 1. The van der Waals surface area contributed by atoms with Crippen LogP contribution < -0.4 is 5.43 Å². The summed E-state index contributed by atoms with van der Waals surface area (Å²) in [4.78, 5) is 16.3. The van der Waals surface area contributed by atoms with E-state index in [1.807, 2.05) is 13.0 Å². The Kier molecular flexibility index (Phi) is 7.47. The second-order valence-electron chi connectivity index (χ2n) is 10.1. The van der Waals surface area contributed by atoms with Crippen LogP contribution in [0.5, 0.6) is 0 Å². The smallest absolute Gasteiger partial charge is 0.434 e. The Morgan fingerprint density at radius 1 is 1.24 bits per heavy atom. The van der Waals surface area contributed by atoms with Crippen LogP contribution >= 0.6 is 0 Å². The molecule has 2 aromatic carbocycles. The van der Waals surface area contributed by atoms with E-state index in [9.17, 15) is 18.0 Å². The molecule has 2 atom stereocenters. The van der Waals surface area contributed by atoms with Crippen molar-refractivity contribution in [3.8, 4) is 11.1 Å². The van der Waals surface area contributed by atoms with E-state index >= 15 is 4.39 Å². The number of nitrogens with one attached hydrogen (secondary N) is 2. The van der Waals surface area contributed by atoms with Crippen LogP contribution in [0.2, 0.25) is 0 Å². The van der Waals surface area contributed by atoms with Crippen LogP contribution in [0.15, 0.2) is 51.9 Å². The largest absolute Gasteiger partial charge is 0.463 e. The van der Waals surface area contributed by atoms with E-state index in [1.165, 1.54) is 24.8 Å². The van der Waals surface area contributed by atoms with Gasteiger partial charge in [-0.1, -0.05) is 31.2 Å². The highest BCUT2D eigenvalue weighted by molar-refractivity contribution is 5.96. The van der Waals surface area contributed by atoms with Gasteiger partial charge in [-0.25, -0.2) is 4.39 Å². The van der Waals surface area contributed by atoms with Crippen LogP contribution in [0.3, 0.4) is 0 Å². The summed E-state index contributed by atoms with van der Waals surface area (Å²) in [5.74, 6) is -0.871. The third-order valence-electron chi connectivity index (χ3n) is 7.10. The van der Waals surface area contributed by atoms with Crippen molar-refractivity contribution >= 4 is 23.1 Å². The zero-order valence-corrected chi connectivity index (χ0v) is 21.5. The molecule has 0 spiro atoms. The third-order valence-corrected chi connectivity index (χ3v) is 7.10. The number of hydrogen-bond donors (Lipinski definition) is 2. The number of piperidine rings is 1. The second-order valence-corrected chi connectivity index (χ2v) is 10.1. The Labute approximate surface area is 217 Å². The lowest BCUT2D eigenvalue weighted by atomic mass is 9.90. The molecule has 1 aliphatic rings. The zero-order chi connectivity index (χ0) is 27.8. The number of hydrogen-bond acceptors (Lipinski definition) is 5. The maximum Gasteiger partial charge on any atom is 0.434 e. The highest BCUT2D eigenvalue weighted by atomic mass is 19.4. The Morgan fingerprint density at radius 3 is 2.63 bits per heavy atom. The molecule has 3 aromatic rings.